The molecule has 16 heavy (non-hydrogen) atoms. The van der Waals surface area contributed by atoms with Crippen LogP contribution in [0.1, 0.15) is 24.5 Å². The Bertz CT molecular complexity index is 456. The third-order valence-corrected chi connectivity index (χ3v) is 3.68. The zero-order chi connectivity index (χ0) is 11.5. The smallest absolute Gasteiger partial charge is 0.108 e. The van der Waals surface area contributed by atoms with Gasteiger partial charge in [0, 0.05) is 17.3 Å². The van der Waals surface area contributed by atoms with Crippen LogP contribution in [0.5, 0.6) is 0 Å². The van der Waals surface area contributed by atoms with Crippen LogP contribution in [0.3, 0.4) is 0 Å². The van der Waals surface area contributed by atoms with Crippen molar-refractivity contribution in [2.75, 3.05) is 0 Å². The maximum Gasteiger partial charge on any atom is 0.108 e. The molecule has 0 saturated heterocycles. The summed E-state index contributed by atoms with van der Waals surface area (Å²) in [4.78, 5) is 10.3. The van der Waals surface area contributed by atoms with Gasteiger partial charge in [0.15, 0.2) is 0 Å². The molecule has 0 aliphatic carbocycles. The molecule has 0 amide bonds. The van der Waals surface area contributed by atoms with Gasteiger partial charge >= 0.3 is 0 Å². The summed E-state index contributed by atoms with van der Waals surface area (Å²) >= 11 is 1.82. The van der Waals surface area contributed by atoms with Crippen molar-refractivity contribution in [2.24, 2.45) is 5.73 Å². The second kappa shape index (κ2) is 4.80. The van der Waals surface area contributed by atoms with Crippen LogP contribution in [-0.4, -0.2) is 16.0 Å². The first kappa shape index (κ1) is 11.4. The predicted octanol–water partition coefficient (Wildman–Crippen LogP) is 2.59. The van der Waals surface area contributed by atoms with Gasteiger partial charge < -0.3 is 10.7 Å². The number of imidazole rings is 1. The molecule has 2 aromatic rings. The summed E-state index contributed by atoms with van der Waals surface area (Å²) in [6.45, 7) is 4.16. The second-order valence-corrected chi connectivity index (χ2v) is 5.21. The first-order valence-corrected chi connectivity index (χ1v) is 6.39. The number of rotatable bonds is 4. The number of nitrogens with two attached hydrogens (primary N) is 1. The van der Waals surface area contributed by atoms with Crippen molar-refractivity contribution in [1.29, 1.82) is 0 Å². The standard InChI is InChI=1S/C12H17N3S/c1-3-9-4-5-11(16-9)10-7-14-12(15-10)6-8(2)13/h4-5,7-8H,3,6,13H2,1-2H3,(H,14,15). The Balaban J connectivity index is 2.17. The molecule has 1 atom stereocenters. The first-order chi connectivity index (χ1) is 7.69. The van der Waals surface area contributed by atoms with Crippen molar-refractivity contribution in [1.82, 2.24) is 9.97 Å². The molecule has 1 unspecified atom stereocenters. The number of H-pyrrole nitrogens is 1. The predicted molar refractivity (Wildman–Crippen MR) is 68.6 cm³/mol. The third-order valence-electron chi connectivity index (χ3n) is 2.42. The van der Waals surface area contributed by atoms with Gasteiger partial charge in [-0.1, -0.05) is 6.92 Å². The largest absolute Gasteiger partial charge is 0.341 e. The van der Waals surface area contributed by atoms with Crippen molar-refractivity contribution in [3.8, 4) is 10.6 Å². The fourth-order valence-electron chi connectivity index (χ4n) is 1.61. The summed E-state index contributed by atoms with van der Waals surface area (Å²) in [5.74, 6) is 0.969. The van der Waals surface area contributed by atoms with Crippen molar-refractivity contribution in [3.05, 3.63) is 29.0 Å². The Hall–Kier alpha value is -1.13. The number of aryl methyl sites for hydroxylation is 1. The minimum atomic E-state index is 0.147. The van der Waals surface area contributed by atoms with Gasteiger partial charge in [-0.25, -0.2) is 4.98 Å². The number of hydrogen-bond acceptors (Lipinski definition) is 3. The molecule has 0 aliphatic rings. The minimum absolute atomic E-state index is 0.147. The molecule has 0 bridgehead atoms. The maximum absolute atomic E-state index is 5.74. The summed E-state index contributed by atoms with van der Waals surface area (Å²) in [7, 11) is 0. The number of nitrogens with zero attached hydrogens (tertiary/aromatic N) is 1. The summed E-state index contributed by atoms with van der Waals surface area (Å²) in [5, 5.41) is 0. The minimum Gasteiger partial charge on any atom is -0.341 e. The molecule has 2 heterocycles. The number of thiophene rings is 1. The molecule has 2 rings (SSSR count). The first-order valence-electron chi connectivity index (χ1n) is 5.57. The van der Waals surface area contributed by atoms with E-state index in [1.807, 2.05) is 24.5 Å². The Morgan fingerprint density at radius 3 is 2.94 bits per heavy atom. The fourth-order valence-corrected chi connectivity index (χ4v) is 2.52. The van der Waals surface area contributed by atoms with Crippen LogP contribution >= 0.6 is 11.3 Å². The molecule has 0 spiro atoms. The van der Waals surface area contributed by atoms with Gasteiger partial charge in [0.1, 0.15) is 5.82 Å². The highest BCUT2D eigenvalue weighted by molar-refractivity contribution is 7.15. The molecule has 0 radical (unpaired) electrons. The Kier molecular flexibility index (Phi) is 3.41. The number of aromatic nitrogens is 2. The molecular weight excluding hydrogens is 218 g/mol. The van der Waals surface area contributed by atoms with E-state index in [9.17, 15) is 0 Å². The van der Waals surface area contributed by atoms with E-state index in [0.717, 1.165) is 24.4 Å². The molecule has 0 aromatic carbocycles. The second-order valence-electron chi connectivity index (χ2n) is 4.04. The van der Waals surface area contributed by atoms with Crippen LogP contribution in [0.15, 0.2) is 18.3 Å². The van der Waals surface area contributed by atoms with Crippen molar-refractivity contribution in [2.45, 2.75) is 32.7 Å². The normalized spacial score (nSPS) is 12.9. The SMILES string of the molecule is CCc1ccc(-c2cnc(CC(C)N)[nH]2)s1. The lowest BCUT2D eigenvalue weighted by Crippen LogP contribution is -2.18. The Morgan fingerprint density at radius 2 is 2.31 bits per heavy atom. The third kappa shape index (κ3) is 2.51. The van der Waals surface area contributed by atoms with Gasteiger partial charge in [0.05, 0.1) is 16.8 Å². The van der Waals surface area contributed by atoms with Crippen molar-refractivity contribution >= 4 is 11.3 Å². The summed E-state index contributed by atoms with van der Waals surface area (Å²) in [6, 6.07) is 4.46. The summed E-state index contributed by atoms with van der Waals surface area (Å²) in [5.41, 5.74) is 6.84. The monoisotopic (exact) mass is 235 g/mol. The molecule has 2 aromatic heterocycles. The topological polar surface area (TPSA) is 54.7 Å². The van der Waals surface area contributed by atoms with Gasteiger partial charge in [0.25, 0.3) is 0 Å². The van der Waals surface area contributed by atoms with Crippen LogP contribution in [-0.2, 0) is 12.8 Å². The van der Waals surface area contributed by atoms with Crippen LogP contribution < -0.4 is 5.73 Å². The van der Waals surface area contributed by atoms with E-state index < -0.39 is 0 Å². The zero-order valence-corrected chi connectivity index (χ0v) is 10.5. The molecule has 0 fully saturated rings. The maximum atomic E-state index is 5.74. The number of nitrogens with one attached hydrogen (secondary N) is 1. The van der Waals surface area contributed by atoms with E-state index >= 15 is 0 Å². The quantitative estimate of drug-likeness (QED) is 0.855. The van der Waals surface area contributed by atoms with E-state index in [2.05, 4.69) is 29.0 Å². The molecule has 3 nitrogen and oxygen atoms in total. The molecule has 0 aliphatic heterocycles. The summed E-state index contributed by atoms with van der Waals surface area (Å²) in [6.07, 6.45) is 3.78. The number of hydrogen-bond donors (Lipinski definition) is 2. The van der Waals surface area contributed by atoms with Crippen LogP contribution in [0.2, 0.25) is 0 Å². The van der Waals surface area contributed by atoms with Gasteiger partial charge in [-0.15, -0.1) is 11.3 Å². The molecule has 3 N–H and O–H groups in total. The molecule has 86 valence electrons. The molecular formula is C12H17N3S. The van der Waals surface area contributed by atoms with Gasteiger partial charge in [-0.05, 0) is 25.5 Å². The zero-order valence-electron chi connectivity index (χ0n) is 9.66. The van der Waals surface area contributed by atoms with Crippen molar-refractivity contribution < 1.29 is 0 Å². The summed E-state index contributed by atoms with van der Waals surface area (Å²) < 4.78 is 0. The van der Waals surface area contributed by atoms with E-state index in [0.29, 0.717) is 0 Å². The van der Waals surface area contributed by atoms with Gasteiger partial charge in [0.2, 0.25) is 0 Å². The van der Waals surface area contributed by atoms with E-state index in [4.69, 9.17) is 5.73 Å². The molecule has 4 heteroatoms. The highest BCUT2D eigenvalue weighted by Crippen LogP contribution is 2.26. The van der Waals surface area contributed by atoms with Gasteiger partial charge in [-0.3, -0.25) is 0 Å². The average Bonchev–Trinajstić information content (AvgIpc) is 2.83. The lowest BCUT2D eigenvalue weighted by Gasteiger charge is -1.99. The fraction of sp³-hybridized carbons (Fsp3) is 0.417. The van der Waals surface area contributed by atoms with Crippen LogP contribution in [0, 0.1) is 0 Å². The molecule has 0 saturated carbocycles. The van der Waals surface area contributed by atoms with E-state index in [1.54, 1.807) is 0 Å². The van der Waals surface area contributed by atoms with E-state index in [1.165, 1.54) is 9.75 Å². The average molecular weight is 235 g/mol. The Morgan fingerprint density at radius 1 is 1.50 bits per heavy atom. The highest BCUT2D eigenvalue weighted by atomic mass is 32.1. The van der Waals surface area contributed by atoms with Crippen LogP contribution in [0.25, 0.3) is 10.6 Å². The Labute approximate surface area is 99.7 Å². The van der Waals surface area contributed by atoms with E-state index in [-0.39, 0.29) is 6.04 Å². The lowest BCUT2D eigenvalue weighted by atomic mass is 10.2. The lowest BCUT2D eigenvalue weighted by molar-refractivity contribution is 0.710. The van der Waals surface area contributed by atoms with Crippen molar-refractivity contribution in [3.63, 3.8) is 0 Å². The van der Waals surface area contributed by atoms with Crippen LogP contribution in [0.4, 0.5) is 0 Å². The number of aromatic amines is 1. The van der Waals surface area contributed by atoms with Gasteiger partial charge in [-0.2, -0.15) is 0 Å². The highest BCUT2D eigenvalue weighted by Gasteiger charge is 2.07.